The fourth-order valence-corrected chi connectivity index (χ4v) is 6.26. The van der Waals surface area contributed by atoms with Crippen LogP contribution in [0.2, 0.25) is 0 Å². The molecule has 0 spiro atoms. The molecule has 5 rings (SSSR count). The second-order valence-electron chi connectivity index (χ2n) is 9.72. The van der Waals surface area contributed by atoms with Crippen LogP contribution >= 0.6 is 0 Å². The zero-order valence-corrected chi connectivity index (χ0v) is 18.1. The Morgan fingerprint density at radius 3 is 2.84 bits per heavy atom. The van der Waals surface area contributed by atoms with E-state index in [1.807, 2.05) is 16.4 Å². The van der Waals surface area contributed by atoms with Gasteiger partial charge in [0, 0.05) is 42.2 Å². The van der Waals surface area contributed by atoms with E-state index in [1.54, 1.807) is 0 Å². The largest absolute Gasteiger partial charge is 0.477 e. The van der Waals surface area contributed by atoms with Crippen LogP contribution in [-0.2, 0) is 0 Å². The second kappa shape index (κ2) is 7.31. The Kier molecular flexibility index (Phi) is 4.79. The summed E-state index contributed by atoms with van der Waals surface area (Å²) in [6, 6.07) is 3.28. The number of nitrogens with two attached hydrogens (primary N) is 1. The summed E-state index contributed by atoms with van der Waals surface area (Å²) >= 11 is 0. The molecule has 168 valence electrons. The van der Waals surface area contributed by atoms with Gasteiger partial charge in [0.15, 0.2) is 0 Å². The number of benzene rings is 1. The number of pyridine rings is 1. The molecule has 1 aromatic heterocycles. The molecule has 3 fully saturated rings. The van der Waals surface area contributed by atoms with E-state index in [-0.39, 0.29) is 34.9 Å². The number of carbonyl (C=O) groups is 1. The minimum Gasteiger partial charge on any atom is -0.477 e. The van der Waals surface area contributed by atoms with Gasteiger partial charge in [-0.25, -0.2) is 9.18 Å². The highest BCUT2D eigenvalue weighted by Crippen LogP contribution is 2.53. The van der Waals surface area contributed by atoms with Gasteiger partial charge in [0.1, 0.15) is 11.4 Å². The predicted octanol–water partition coefficient (Wildman–Crippen LogP) is 3.33. The Labute approximate surface area is 185 Å². The molecule has 3 unspecified atom stereocenters. The molecule has 8 heteroatoms. The first kappa shape index (κ1) is 21.0. The first-order valence-electron chi connectivity index (χ1n) is 11.3. The summed E-state index contributed by atoms with van der Waals surface area (Å²) in [4.78, 5) is 26.5. The van der Waals surface area contributed by atoms with Gasteiger partial charge in [-0.1, -0.05) is 6.42 Å². The molecule has 7 nitrogen and oxygen atoms in total. The molecule has 0 bridgehead atoms. The van der Waals surface area contributed by atoms with Crippen molar-refractivity contribution < 1.29 is 14.3 Å². The molecule has 2 aliphatic carbocycles. The van der Waals surface area contributed by atoms with E-state index >= 15 is 4.39 Å². The number of aryl methyl sites for hydroxylation is 1. The van der Waals surface area contributed by atoms with Gasteiger partial charge in [-0.2, -0.15) is 5.26 Å². The highest BCUT2D eigenvalue weighted by Gasteiger charge is 2.53. The van der Waals surface area contributed by atoms with Gasteiger partial charge in [-0.05, 0) is 50.2 Å². The van der Waals surface area contributed by atoms with Crippen molar-refractivity contribution in [3.05, 3.63) is 39.4 Å². The van der Waals surface area contributed by atoms with Crippen LogP contribution < -0.4 is 16.1 Å². The van der Waals surface area contributed by atoms with Crippen molar-refractivity contribution in [2.24, 2.45) is 17.1 Å². The third-order valence-electron chi connectivity index (χ3n) is 7.95. The molecule has 3 N–H and O–H groups in total. The molecule has 2 saturated carbocycles. The summed E-state index contributed by atoms with van der Waals surface area (Å²) in [5.74, 6) is -1.50. The van der Waals surface area contributed by atoms with Gasteiger partial charge in [0.05, 0.1) is 23.7 Å². The molecule has 2 aromatic rings. The van der Waals surface area contributed by atoms with Crippen LogP contribution in [0.1, 0.15) is 60.5 Å². The van der Waals surface area contributed by atoms with Crippen molar-refractivity contribution in [3.63, 3.8) is 0 Å². The summed E-state index contributed by atoms with van der Waals surface area (Å²) in [5.41, 5.74) is 7.03. The maximum Gasteiger partial charge on any atom is 0.341 e. The number of nitrogens with zero attached hydrogens (tertiary/aromatic N) is 3. The van der Waals surface area contributed by atoms with Crippen molar-refractivity contribution in [3.8, 4) is 6.07 Å². The maximum absolute atomic E-state index is 15.5. The summed E-state index contributed by atoms with van der Waals surface area (Å²) in [6.45, 7) is 3.07. The second-order valence-corrected chi connectivity index (χ2v) is 9.72. The lowest BCUT2D eigenvalue weighted by atomic mass is 9.73. The van der Waals surface area contributed by atoms with Crippen LogP contribution in [0.15, 0.2) is 17.1 Å². The lowest BCUT2D eigenvalue weighted by Crippen LogP contribution is -2.45. The van der Waals surface area contributed by atoms with Crippen molar-refractivity contribution >= 4 is 22.6 Å². The fourth-order valence-electron chi connectivity index (χ4n) is 6.26. The third kappa shape index (κ3) is 2.95. The molecule has 1 saturated heterocycles. The first-order chi connectivity index (χ1) is 15.3. The Hall–Kier alpha value is -2.92. The van der Waals surface area contributed by atoms with Gasteiger partial charge in [-0.15, -0.1) is 0 Å². The van der Waals surface area contributed by atoms with E-state index in [0.29, 0.717) is 35.8 Å². The van der Waals surface area contributed by atoms with Crippen LogP contribution in [-0.4, -0.2) is 34.8 Å². The van der Waals surface area contributed by atoms with Gasteiger partial charge in [-0.3, -0.25) is 4.79 Å². The Morgan fingerprint density at radius 2 is 2.19 bits per heavy atom. The normalized spacial score (nSPS) is 25.7. The fraction of sp³-hybridized carbons (Fsp3) is 0.542. The SMILES string of the molecule is Cc1c(N2CC3CCCC3(C(N)CC#N)C2)c(F)cc2c(=O)c(C(=O)O)cn(C3CC3)c12. The average Bonchev–Trinajstić information content (AvgIpc) is 3.40. The zero-order valence-electron chi connectivity index (χ0n) is 18.1. The number of rotatable bonds is 5. The molecule has 3 aliphatic rings. The van der Waals surface area contributed by atoms with Gasteiger partial charge >= 0.3 is 5.97 Å². The van der Waals surface area contributed by atoms with Crippen LogP contribution in [0.25, 0.3) is 10.9 Å². The van der Waals surface area contributed by atoms with E-state index in [1.165, 1.54) is 12.3 Å². The number of nitriles is 1. The van der Waals surface area contributed by atoms with E-state index in [9.17, 15) is 20.0 Å². The number of aromatic carboxylic acids is 1. The lowest BCUT2D eigenvalue weighted by Gasteiger charge is -2.34. The number of anilines is 1. The molecule has 32 heavy (non-hydrogen) atoms. The number of hydrogen-bond acceptors (Lipinski definition) is 5. The summed E-state index contributed by atoms with van der Waals surface area (Å²) in [7, 11) is 0. The summed E-state index contributed by atoms with van der Waals surface area (Å²) in [5, 5.41) is 18.8. The first-order valence-corrected chi connectivity index (χ1v) is 11.3. The molecule has 3 atom stereocenters. The van der Waals surface area contributed by atoms with Crippen molar-refractivity contribution in [2.45, 2.75) is 57.5 Å². The van der Waals surface area contributed by atoms with Gasteiger partial charge < -0.3 is 20.3 Å². The van der Waals surface area contributed by atoms with Crippen molar-refractivity contribution in [2.75, 3.05) is 18.0 Å². The van der Waals surface area contributed by atoms with Crippen LogP contribution in [0.3, 0.4) is 0 Å². The number of fused-ring (bicyclic) bond motifs is 2. The minimum absolute atomic E-state index is 0.117. The molecule has 2 heterocycles. The lowest BCUT2D eigenvalue weighted by molar-refractivity contribution is 0.0695. The van der Waals surface area contributed by atoms with E-state index < -0.39 is 17.2 Å². The minimum atomic E-state index is -1.30. The van der Waals surface area contributed by atoms with Gasteiger partial charge in [0.2, 0.25) is 5.43 Å². The molecular weight excluding hydrogens is 411 g/mol. The Morgan fingerprint density at radius 1 is 1.44 bits per heavy atom. The topological polar surface area (TPSA) is 112 Å². The standard InChI is InChI=1S/C24H27FN4O3/c1-13-20-16(22(30)17(23(31)32)11-29(20)15-4-5-15)9-18(25)21(13)28-10-14-3-2-7-24(14,12-28)19(27)6-8-26/h9,11,14-15,19H,2-7,10,12,27H2,1H3,(H,31,32). The zero-order chi connectivity index (χ0) is 22.8. The number of hydrogen-bond donors (Lipinski definition) is 2. The highest BCUT2D eigenvalue weighted by molar-refractivity contribution is 5.95. The number of aromatic nitrogens is 1. The quantitative estimate of drug-likeness (QED) is 0.741. The molecule has 1 aliphatic heterocycles. The number of carboxylic acid groups (broad SMARTS) is 1. The van der Waals surface area contributed by atoms with Gasteiger partial charge in [0.25, 0.3) is 0 Å². The third-order valence-corrected chi connectivity index (χ3v) is 7.95. The number of halogens is 1. The van der Waals surface area contributed by atoms with E-state index in [0.717, 1.165) is 32.1 Å². The Bertz CT molecular complexity index is 1230. The molecular formula is C24H27FN4O3. The molecule has 0 amide bonds. The van der Waals surface area contributed by atoms with E-state index in [4.69, 9.17) is 5.73 Å². The van der Waals surface area contributed by atoms with Crippen LogP contribution in [0, 0.1) is 35.4 Å². The van der Waals surface area contributed by atoms with E-state index in [2.05, 4.69) is 6.07 Å². The maximum atomic E-state index is 15.5. The van der Waals surface area contributed by atoms with Crippen LogP contribution in [0.5, 0.6) is 0 Å². The average molecular weight is 439 g/mol. The number of carboxylic acids is 1. The molecule has 1 aromatic carbocycles. The molecule has 0 radical (unpaired) electrons. The highest BCUT2D eigenvalue weighted by atomic mass is 19.1. The smallest absolute Gasteiger partial charge is 0.341 e. The van der Waals surface area contributed by atoms with Crippen molar-refractivity contribution in [1.82, 2.24) is 4.57 Å². The van der Waals surface area contributed by atoms with Crippen molar-refractivity contribution in [1.29, 1.82) is 5.26 Å². The summed E-state index contributed by atoms with van der Waals surface area (Å²) < 4.78 is 17.4. The Balaban J connectivity index is 1.66. The monoisotopic (exact) mass is 438 g/mol. The van der Waals surface area contributed by atoms with Crippen LogP contribution in [0.4, 0.5) is 10.1 Å². The summed E-state index contributed by atoms with van der Waals surface area (Å²) in [6.07, 6.45) is 6.52. The predicted molar refractivity (Wildman–Crippen MR) is 118 cm³/mol.